The third-order valence-electron chi connectivity index (χ3n) is 7.62. The first kappa shape index (κ1) is 20.9. The van der Waals surface area contributed by atoms with Gasteiger partial charge in [-0.2, -0.15) is 0 Å². The maximum atomic E-state index is 12.3. The van der Waals surface area contributed by atoms with Crippen molar-refractivity contribution in [3.63, 3.8) is 0 Å². The van der Waals surface area contributed by atoms with Gasteiger partial charge in [-0.15, -0.1) is 0 Å². The minimum atomic E-state index is -0.522. The number of aliphatic hydroxyl groups is 2. The van der Waals surface area contributed by atoms with E-state index in [-0.39, 0.29) is 29.8 Å². The number of fused-ring (bicyclic) bond motifs is 1. The summed E-state index contributed by atoms with van der Waals surface area (Å²) in [5.74, 6) is 0.370. The Morgan fingerprint density at radius 3 is 2.83 bits per heavy atom. The lowest BCUT2D eigenvalue weighted by Crippen LogP contribution is -2.57. The van der Waals surface area contributed by atoms with Gasteiger partial charge in [-0.3, -0.25) is 0 Å². The van der Waals surface area contributed by atoms with Crippen molar-refractivity contribution in [1.29, 1.82) is 0 Å². The van der Waals surface area contributed by atoms with E-state index in [1.807, 2.05) is 13.0 Å². The highest BCUT2D eigenvalue weighted by molar-refractivity contribution is 5.96. The minimum absolute atomic E-state index is 0.0308. The lowest BCUT2D eigenvalue weighted by atomic mass is 9.46. The van der Waals surface area contributed by atoms with Crippen molar-refractivity contribution in [2.45, 2.75) is 45.6 Å². The molecule has 0 amide bonds. The third kappa shape index (κ3) is 3.40. The van der Waals surface area contributed by atoms with Gasteiger partial charge >= 0.3 is 5.97 Å². The van der Waals surface area contributed by atoms with E-state index in [2.05, 4.69) is 19.6 Å². The van der Waals surface area contributed by atoms with Gasteiger partial charge in [-0.1, -0.05) is 38.2 Å². The zero-order valence-corrected chi connectivity index (χ0v) is 17.6. The number of ether oxygens (including phenoxy) is 1. The summed E-state index contributed by atoms with van der Waals surface area (Å²) in [5, 5.41) is 20.7. The van der Waals surface area contributed by atoms with Gasteiger partial charge in [0, 0.05) is 16.9 Å². The van der Waals surface area contributed by atoms with E-state index in [1.165, 1.54) is 0 Å². The fourth-order valence-corrected chi connectivity index (χ4v) is 5.81. The molecular formula is C25H30O5. The SMILES string of the molecule is C=C1CCC2C(C)(CO)C(O)CCC2(C)C1/C=C/C1=CC(=C\c2ccoc2)/OC1=O. The van der Waals surface area contributed by atoms with Crippen LogP contribution in [0.15, 0.2) is 64.7 Å². The molecule has 1 aliphatic heterocycles. The van der Waals surface area contributed by atoms with Gasteiger partial charge in [0.05, 0.1) is 30.8 Å². The minimum Gasteiger partial charge on any atom is -0.472 e. The van der Waals surface area contributed by atoms with Crippen LogP contribution in [0.4, 0.5) is 0 Å². The van der Waals surface area contributed by atoms with Gasteiger partial charge < -0.3 is 19.4 Å². The molecule has 0 bridgehead atoms. The summed E-state index contributed by atoms with van der Waals surface area (Å²) in [7, 11) is 0. The molecule has 2 heterocycles. The second kappa shape index (κ2) is 7.71. The van der Waals surface area contributed by atoms with Gasteiger partial charge in [-0.05, 0) is 55.2 Å². The molecular weight excluding hydrogens is 380 g/mol. The van der Waals surface area contributed by atoms with Gasteiger partial charge in [0.1, 0.15) is 5.76 Å². The molecule has 1 aromatic heterocycles. The molecule has 5 heteroatoms. The standard InChI is InChI=1S/C25H30O5/c1-16-4-7-21-24(2,10-8-22(27)25(21,3)15-26)20(16)6-5-18-13-19(30-23(18)28)12-17-9-11-29-14-17/h5-6,9,11-14,20-22,26-27H,1,4,7-8,10,15H2,2-3H3/b6-5+,19-12+. The van der Waals surface area contributed by atoms with Crippen LogP contribution >= 0.6 is 0 Å². The number of hydrogen-bond acceptors (Lipinski definition) is 5. The molecule has 30 heavy (non-hydrogen) atoms. The monoisotopic (exact) mass is 410 g/mol. The van der Waals surface area contributed by atoms with E-state index < -0.39 is 11.5 Å². The first-order chi connectivity index (χ1) is 14.3. The molecule has 3 aliphatic rings. The van der Waals surface area contributed by atoms with Crippen molar-refractivity contribution in [3.8, 4) is 0 Å². The maximum absolute atomic E-state index is 12.3. The summed E-state index contributed by atoms with van der Waals surface area (Å²) in [4.78, 5) is 12.3. The summed E-state index contributed by atoms with van der Waals surface area (Å²) >= 11 is 0. The summed E-state index contributed by atoms with van der Waals surface area (Å²) in [6, 6.07) is 1.80. The van der Waals surface area contributed by atoms with Crippen molar-refractivity contribution in [2.24, 2.45) is 22.7 Å². The molecule has 5 atom stereocenters. The second-order valence-corrected chi connectivity index (χ2v) is 9.40. The molecule has 5 nitrogen and oxygen atoms in total. The number of furan rings is 1. The lowest BCUT2D eigenvalue weighted by Gasteiger charge is -2.59. The van der Waals surface area contributed by atoms with Gasteiger partial charge in [-0.25, -0.2) is 4.79 Å². The highest BCUT2D eigenvalue weighted by Crippen LogP contribution is 2.61. The van der Waals surface area contributed by atoms with Crippen LogP contribution in [0.1, 0.15) is 45.1 Å². The average Bonchev–Trinajstić information content (AvgIpc) is 3.34. The van der Waals surface area contributed by atoms with Crippen molar-refractivity contribution in [3.05, 3.63) is 65.9 Å². The number of rotatable bonds is 4. The van der Waals surface area contributed by atoms with Crippen LogP contribution in [0.5, 0.6) is 0 Å². The molecule has 2 aliphatic carbocycles. The second-order valence-electron chi connectivity index (χ2n) is 9.40. The van der Waals surface area contributed by atoms with E-state index >= 15 is 0 Å². The van der Waals surface area contributed by atoms with E-state index in [0.29, 0.717) is 17.8 Å². The number of allylic oxidation sites excluding steroid dienone is 3. The zero-order valence-electron chi connectivity index (χ0n) is 17.6. The Kier molecular flexibility index (Phi) is 5.37. The first-order valence-electron chi connectivity index (χ1n) is 10.6. The van der Waals surface area contributed by atoms with Crippen molar-refractivity contribution >= 4 is 12.0 Å². The van der Waals surface area contributed by atoms with E-state index in [9.17, 15) is 15.0 Å². The highest BCUT2D eigenvalue weighted by atomic mass is 16.5. The molecule has 160 valence electrons. The number of carbonyl (C=O) groups excluding carboxylic acids is 1. The summed E-state index contributed by atoms with van der Waals surface area (Å²) < 4.78 is 10.4. The number of hydrogen-bond donors (Lipinski definition) is 2. The Hall–Kier alpha value is -2.37. The molecule has 2 fully saturated rings. The van der Waals surface area contributed by atoms with Crippen molar-refractivity contribution < 1.29 is 24.2 Å². The van der Waals surface area contributed by atoms with Crippen molar-refractivity contribution in [1.82, 2.24) is 0 Å². The molecule has 0 spiro atoms. The first-order valence-corrected chi connectivity index (χ1v) is 10.6. The van der Waals surface area contributed by atoms with Gasteiger partial charge in [0.2, 0.25) is 0 Å². The van der Waals surface area contributed by atoms with E-state index in [1.54, 1.807) is 30.7 Å². The Balaban J connectivity index is 1.61. The Morgan fingerprint density at radius 1 is 1.33 bits per heavy atom. The molecule has 0 aromatic carbocycles. The van der Waals surface area contributed by atoms with Crippen LogP contribution in [0.25, 0.3) is 6.08 Å². The fourth-order valence-electron chi connectivity index (χ4n) is 5.81. The van der Waals surface area contributed by atoms with Gasteiger partial charge in [0.15, 0.2) is 0 Å². The Bertz CT molecular complexity index is 921. The zero-order chi connectivity index (χ0) is 21.5. The molecule has 0 saturated heterocycles. The number of esters is 1. The fraction of sp³-hybridized carbons (Fsp3) is 0.480. The Labute approximate surface area is 177 Å². The number of carbonyl (C=O) groups is 1. The number of cyclic esters (lactones) is 1. The van der Waals surface area contributed by atoms with Crippen LogP contribution < -0.4 is 0 Å². The molecule has 4 rings (SSSR count). The van der Waals surface area contributed by atoms with Crippen LogP contribution in [0.2, 0.25) is 0 Å². The number of aliphatic hydroxyl groups excluding tert-OH is 2. The highest BCUT2D eigenvalue weighted by Gasteiger charge is 2.57. The average molecular weight is 411 g/mol. The molecule has 2 N–H and O–H groups in total. The molecule has 1 aromatic rings. The summed E-state index contributed by atoms with van der Waals surface area (Å²) in [6.45, 7) is 8.53. The van der Waals surface area contributed by atoms with E-state index in [4.69, 9.17) is 9.15 Å². The molecule has 2 saturated carbocycles. The smallest absolute Gasteiger partial charge is 0.343 e. The molecule has 0 radical (unpaired) electrons. The largest absolute Gasteiger partial charge is 0.472 e. The predicted octanol–water partition coefficient (Wildman–Crippen LogP) is 4.40. The van der Waals surface area contributed by atoms with Crippen LogP contribution in [0, 0.1) is 22.7 Å². The lowest BCUT2D eigenvalue weighted by molar-refractivity contribution is -0.145. The molecule has 5 unspecified atom stereocenters. The van der Waals surface area contributed by atoms with Crippen LogP contribution in [-0.4, -0.2) is 28.9 Å². The van der Waals surface area contributed by atoms with Gasteiger partial charge in [0.25, 0.3) is 0 Å². The summed E-state index contributed by atoms with van der Waals surface area (Å²) in [5.41, 5.74) is 1.83. The maximum Gasteiger partial charge on any atom is 0.343 e. The van der Waals surface area contributed by atoms with Crippen molar-refractivity contribution in [2.75, 3.05) is 6.61 Å². The normalized spacial score (nSPS) is 38.1. The third-order valence-corrected chi connectivity index (χ3v) is 7.62. The Morgan fingerprint density at radius 2 is 2.13 bits per heavy atom. The van der Waals surface area contributed by atoms with E-state index in [0.717, 1.165) is 30.4 Å². The quantitative estimate of drug-likeness (QED) is 0.568. The van der Waals surface area contributed by atoms with Crippen LogP contribution in [-0.2, 0) is 9.53 Å². The van der Waals surface area contributed by atoms with Crippen LogP contribution in [0.3, 0.4) is 0 Å². The predicted molar refractivity (Wildman–Crippen MR) is 114 cm³/mol. The summed E-state index contributed by atoms with van der Waals surface area (Å²) in [6.07, 6.45) is 13.3. The topological polar surface area (TPSA) is 79.9 Å².